The van der Waals surface area contributed by atoms with Crippen molar-refractivity contribution in [3.05, 3.63) is 34.9 Å². The number of likely N-dealkylation sites (N-methyl/N-ethyl adjacent to an activating group) is 1. The molecule has 1 N–H and O–H groups in total. The number of benzene rings is 1. The smallest absolute Gasteiger partial charge is 0.0877 e. The van der Waals surface area contributed by atoms with E-state index in [1.807, 2.05) is 14.2 Å². The molecule has 0 aliphatic carbocycles. The van der Waals surface area contributed by atoms with Crippen molar-refractivity contribution in [3.63, 3.8) is 0 Å². The van der Waals surface area contributed by atoms with Gasteiger partial charge in [-0.3, -0.25) is 0 Å². The van der Waals surface area contributed by atoms with Crippen molar-refractivity contribution in [2.75, 3.05) is 27.4 Å². The van der Waals surface area contributed by atoms with Crippen molar-refractivity contribution in [1.82, 2.24) is 5.32 Å². The zero-order chi connectivity index (χ0) is 14.6. The topological polar surface area (TPSA) is 30.5 Å². The van der Waals surface area contributed by atoms with E-state index in [4.69, 9.17) is 9.47 Å². The highest BCUT2D eigenvalue weighted by Gasteiger charge is 2.39. The number of hydrogen-bond donors (Lipinski definition) is 1. The second-order valence-electron chi connectivity index (χ2n) is 5.86. The third-order valence-corrected chi connectivity index (χ3v) is 4.66. The number of aryl methyl sites for hydroxylation is 2. The van der Waals surface area contributed by atoms with Crippen molar-refractivity contribution >= 4 is 0 Å². The molecule has 2 rings (SSSR count). The minimum Gasteiger partial charge on any atom is -0.381 e. The maximum absolute atomic E-state index is 5.93. The zero-order valence-corrected chi connectivity index (χ0v) is 13.2. The fourth-order valence-electron chi connectivity index (χ4n) is 3.20. The molecule has 1 aromatic rings. The van der Waals surface area contributed by atoms with E-state index in [1.165, 1.54) is 16.7 Å². The summed E-state index contributed by atoms with van der Waals surface area (Å²) >= 11 is 0. The molecular formula is C17H27NO2. The van der Waals surface area contributed by atoms with Gasteiger partial charge in [0.2, 0.25) is 0 Å². The molecule has 112 valence electrons. The van der Waals surface area contributed by atoms with Crippen LogP contribution in [-0.4, -0.2) is 39.0 Å². The van der Waals surface area contributed by atoms with Gasteiger partial charge >= 0.3 is 0 Å². The molecule has 0 bridgehead atoms. The van der Waals surface area contributed by atoms with Crippen molar-refractivity contribution < 1.29 is 9.47 Å². The van der Waals surface area contributed by atoms with E-state index in [1.54, 1.807) is 0 Å². The van der Waals surface area contributed by atoms with Crippen LogP contribution >= 0.6 is 0 Å². The van der Waals surface area contributed by atoms with E-state index in [9.17, 15) is 0 Å². The average molecular weight is 277 g/mol. The highest BCUT2D eigenvalue weighted by Crippen LogP contribution is 2.30. The normalized spacial score (nSPS) is 19.8. The lowest BCUT2D eigenvalue weighted by atomic mass is 9.82. The summed E-state index contributed by atoms with van der Waals surface area (Å²) in [6.45, 7) is 5.92. The van der Waals surface area contributed by atoms with Crippen molar-refractivity contribution in [3.8, 4) is 0 Å². The Balaban J connectivity index is 2.21. The van der Waals surface area contributed by atoms with E-state index in [0.29, 0.717) is 6.04 Å². The van der Waals surface area contributed by atoms with Gasteiger partial charge in [-0.15, -0.1) is 0 Å². The molecular weight excluding hydrogens is 250 g/mol. The van der Waals surface area contributed by atoms with Gasteiger partial charge in [0.15, 0.2) is 0 Å². The first kappa shape index (κ1) is 15.5. The van der Waals surface area contributed by atoms with Crippen LogP contribution in [0.2, 0.25) is 0 Å². The molecule has 1 atom stereocenters. The van der Waals surface area contributed by atoms with E-state index in [0.717, 1.165) is 32.5 Å². The first-order valence-corrected chi connectivity index (χ1v) is 7.47. The summed E-state index contributed by atoms with van der Waals surface area (Å²) in [5.41, 5.74) is 3.98. The van der Waals surface area contributed by atoms with Crippen LogP contribution in [-0.2, 0) is 15.9 Å². The molecule has 1 saturated heterocycles. The highest BCUT2D eigenvalue weighted by molar-refractivity contribution is 5.31. The summed E-state index contributed by atoms with van der Waals surface area (Å²) in [4.78, 5) is 0. The second-order valence-corrected chi connectivity index (χ2v) is 5.86. The van der Waals surface area contributed by atoms with Gasteiger partial charge in [-0.2, -0.15) is 0 Å². The van der Waals surface area contributed by atoms with Crippen LogP contribution in [0.4, 0.5) is 0 Å². The Labute approximate surface area is 122 Å². The van der Waals surface area contributed by atoms with Gasteiger partial charge in [0.05, 0.1) is 5.60 Å². The van der Waals surface area contributed by atoms with Crippen LogP contribution in [0.5, 0.6) is 0 Å². The summed E-state index contributed by atoms with van der Waals surface area (Å²) in [5.74, 6) is 0. The van der Waals surface area contributed by atoms with Gasteiger partial charge < -0.3 is 14.8 Å². The molecule has 0 saturated carbocycles. The Morgan fingerprint density at radius 1 is 1.30 bits per heavy atom. The van der Waals surface area contributed by atoms with Crippen LogP contribution in [0.15, 0.2) is 18.2 Å². The Kier molecular flexibility index (Phi) is 5.19. The lowest BCUT2D eigenvalue weighted by molar-refractivity contribution is -0.109. The molecule has 0 spiro atoms. The van der Waals surface area contributed by atoms with Crippen molar-refractivity contribution in [2.45, 2.75) is 44.8 Å². The minimum atomic E-state index is -0.108. The minimum absolute atomic E-state index is 0.108. The van der Waals surface area contributed by atoms with Crippen LogP contribution in [0.3, 0.4) is 0 Å². The zero-order valence-electron chi connectivity index (χ0n) is 13.2. The molecule has 3 heteroatoms. The SMILES string of the molecule is CNC(Cc1cc(C)ccc1C)C1(OC)CCOCC1. The summed E-state index contributed by atoms with van der Waals surface area (Å²) in [7, 11) is 3.87. The van der Waals surface area contributed by atoms with Gasteiger partial charge in [-0.1, -0.05) is 23.8 Å². The molecule has 3 nitrogen and oxygen atoms in total. The maximum atomic E-state index is 5.93. The average Bonchev–Trinajstić information content (AvgIpc) is 2.48. The summed E-state index contributed by atoms with van der Waals surface area (Å²) < 4.78 is 11.4. The molecule has 0 amide bonds. The molecule has 20 heavy (non-hydrogen) atoms. The maximum Gasteiger partial charge on any atom is 0.0877 e. The predicted octanol–water partition coefficient (Wildman–Crippen LogP) is 2.63. The van der Waals surface area contributed by atoms with Crippen LogP contribution in [0.25, 0.3) is 0 Å². The molecule has 1 unspecified atom stereocenters. The Morgan fingerprint density at radius 2 is 2.00 bits per heavy atom. The van der Waals surface area contributed by atoms with Crippen molar-refractivity contribution in [2.24, 2.45) is 0 Å². The largest absolute Gasteiger partial charge is 0.381 e. The third kappa shape index (κ3) is 3.22. The first-order valence-electron chi connectivity index (χ1n) is 7.47. The van der Waals surface area contributed by atoms with E-state index in [2.05, 4.69) is 37.4 Å². The molecule has 1 fully saturated rings. The van der Waals surface area contributed by atoms with Gasteiger partial charge in [0.1, 0.15) is 0 Å². The number of hydrogen-bond acceptors (Lipinski definition) is 3. The number of ether oxygens (including phenoxy) is 2. The van der Waals surface area contributed by atoms with Crippen molar-refractivity contribution in [1.29, 1.82) is 0 Å². The lowest BCUT2D eigenvalue weighted by Gasteiger charge is -2.42. The highest BCUT2D eigenvalue weighted by atomic mass is 16.5. The van der Waals surface area contributed by atoms with Gasteiger partial charge in [-0.25, -0.2) is 0 Å². The number of rotatable bonds is 5. The lowest BCUT2D eigenvalue weighted by Crippen LogP contribution is -2.55. The predicted molar refractivity (Wildman–Crippen MR) is 82.3 cm³/mol. The Morgan fingerprint density at radius 3 is 2.60 bits per heavy atom. The fraction of sp³-hybridized carbons (Fsp3) is 0.647. The first-order chi connectivity index (χ1) is 9.61. The number of methoxy groups -OCH3 is 1. The summed E-state index contributed by atoms with van der Waals surface area (Å²) in [6, 6.07) is 6.99. The standard InChI is InChI=1S/C17H27NO2/c1-13-5-6-14(2)15(11-13)12-16(18-3)17(19-4)7-9-20-10-8-17/h5-6,11,16,18H,7-10,12H2,1-4H3. The van der Waals surface area contributed by atoms with E-state index < -0.39 is 0 Å². The second kappa shape index (κ2) is 6.70. The van der Waals surface area contributed by atoms with Crippen LogP contribution < -0.4 is 5.32 Å². The summed E-state index contributed by atoms with van der Waals surface area (Å²) in [5, 5.41) is 3.48. The molecule has 1 aliphatic rings. The number of nitrogens with one attached hydrogen (secondary N) is 1. The monoisotopic (exact) mass is 277 g/mol. The molecule has 0 radical (unpaired) electrons. The molecule has 1 aliphatic heterocycles. The van der Waals surface area contributed by atoms with Crippen LogP contribution in [0.1, 0.15) is 29.5 Å². The van der Waals surface area contributed by atoms with Crippen LogP contribution in [0, 0.1) is 13.8 Å². The Bertz CT molecular complexity index is 439. The molecule has 1 heterocycles. The van der Waals surface area contributed by atoms with E-state index >= 15 is 0 Å². The summed E-state index contributed by atoms with van der Waals surface area (Å²) in [6.07, 6.45) is 2.91. The fourth-order valence-corrected chi connectivity index (χ4v) is 3.20. The molecule has 1 aromatic carbocycles. The van der Waals surface area contributed by atoms with E-state index in [-0.39, 0.29) is 5.60 Å². The Hall–Kier alpha value is -0.900. The quantitative estimate of drug-likeness (QED) is 0.897. The van der Waals surface area contributed by atoms with Gasteiger partial charge in [0, 0.05) is 39.2 Å². The van der Waals surface area contributed by atoms with Gasteiger partial charge in [-0.05, 0) is 38.4 Å². The third-order valence-electron chi connectivity index (χ3n) is 4.66. The van der Waals surface area contributed by atoms with Gasteiger partial charge in [0.25, 0.3) is 0 Å². The molecule has 0 aromatic heterocycles.